The van der Waals surface area contributed by atoms with Crippen molar-refractivity contribution in [3.63, 3.8) is 0 Å². The van der Waals surface area contributed by atoms with Gasteiger partial charge in [0.2, 0.25) is 0 Å². The molecule has 0 fully saturated rings. The molecule has 0 amide bonds. The molecule has 33 heavy (non-hydrogen) atoms. The zero-order chi connectivity index (χ0) is 22.8. The lowest BCUT2D eigenvalue weighted by molar-refractivity contribution is -0.139. The molecule has 0 saturated heterocycles. The Labute approximate surface area is 192 Å². The van der Waals surface area contributed by atoms with Crippen LogP contribution in [0.5, 0.6) is 0 Å². The lowest BCUT2D eigenvalue weighted by Gasteiger charge is -2.14. The zero-order valence-electron chi connectivity index (χ0n) is 18.6. The number of fused-ring (bicyclic) bond motifs is 2. The summed E-state index contributed by atoms with van der Waals surface area (Å²) in [5.41, 5.74) is 6.83. The van der Waals surface area contributed by atoms with Crippen LogP contribution in [0.15, 0.2) is 85.2 Å². The maximum atomic E-state index is 12.1. The standard InChI is InChI=1S/C28H27N3O2/c1-19-8-2-3-9-20(19)17-31-18-22(24-11-5-7-13-27(24)31)16-30-26(28(32)33)14-21-15-29-25-12-6-4-10-23(21)25/h2-13,15,18,26,29-30H,14,16-17H2,1H3,(H,32,33)/t26-/m1/s1. The smallest absolute Gasteiger partial charge is 0.321 e. The second-order valence-electron chi connectivity index (χ2n) is 8.56. The Morgan fingerprint density at radius 1 is 0.939 bits per heavy atom. The molecule has 1 atom stereocenters. The van der Waals surface area contributed by atoms with Gasteiger partial charge in [0.1, 0.15) is 6.04 Å². The van der Waals surface area contributed by atoms with Gasteiger partial charge < -0.3 is 14.7 Å². The number of aliphatic carboxylic acids is 1. The van der Waals surface area contributed by atoms with Gasteiger partial charge in [-0.15, -0.1) is 0 Å². The number of nitrogens with zero attached hydrogens (tertiary/aromatic N) is 1. The molecular weight excluding hydrogens is 410 g/mol. The number of para-hydroxylation sites is 2. The van der Waals surface area contributed by atoms with Gasteiger partial charge in [0.05, 0.1) is 0 Å². The number of rotatable bonds is 8. The predicted molar refractivity (Wildman–Crippen MR) is 132 cm³/mol. The summed E-state index contributed by atoms with van der Waals surface area (Å²) >= 11 is 0. The first-order chi connectivity index (χ1) is 16.1. The summed E-state index contributed by atoms with van der Waals surface area (Å²) < 4.78 is 2.25. The van der Waals surface area contributed by atoms with E-state index in [2.05, 4.69) is 64.4 Å². The molecule has 166 valence electrons. The third-order valence-corrected chi connectivity index (χ3v) is 6.41. The maximum absolute atomic E-state index is 12.1. The van der Waals surface area contributed by atoms with Gasteiger partial charge in [0.25, 0.3) is 0 Å². The van der Waals surface area contributed by atoms with Crippen molar-refractivity contribution in [3.8, 4) is 0 Å². The minimum atomic E-state index is -0.844. The SMILES string of the molecule is Cc1ccccc1Cn1cc(CN[C@H](Cc2c[nH]c3ccccc23)C(=O)O)c2ccccc21. The molecule has 0 bridgehead atoms. The van der Waals surface area contributed by atoms with Crippen molar-refractivity contribution < 1.29 is 9.90 Å². The second-order valence-corrected chi connectivity index (χ2v) is 8.56. The normalized spacial score (nSPS) is 12.4. The maximum Gasteiger partial charge on any atom is 0.321 e. The van der Waals surface area contributed by atoms with Crippen LogP contribution in [0, 0.1) is 6.92 Å². The Balaban J connectivity index is 1.39. The molecule has 3 aromatic carbocycles. The number of carbonyl (C=O) groups is 1. The van der Waals surface area contributed by atoms with E-state index in [0.29, 0.717) is 13.0 Å². The third kappa shape index (κ3) is 4.28. The van der Waals surface area contributed by atoms with Crippen molar-refractivity contribution in [2.75, 3.05) is 0 Å². The highest BCUT2D eigenvalue weighted by atomic mass is 16.4. The molecule has 5 rings (SSSR count). The first kappa shape index (κ1) is 21.0. The molecule has 0 aliphatic rings. The highest BCUT2D eigenvalue weighted by molar-refractivity contribution is 5.85. The highest BCUT2D eigenvalue weighted by Crippen LogP contribution is 2.24. The number of aromatic amines is 1. The molecule has 0 aliphatic heterocycles. The van der Waals surface area contributed by atoms with Crippen molar-refractivity contribution in [1.82, 2.24) is 14.9 Å². The molecule has 2 heterocycles. The van der Waals surface area contributed by atoms with Crippen LogP contribution in [0.25, 0.3) is 21.8 Å². The van der Waals surface area contributed by atoms with Gasteiger partial charge in [0, 0.05) is 53.7 Å². The van der Waals surface area contributed by atoms with Crippen LogP contribution >= 0.6 is 0 Å². The van der Waals surface area contributed by atoms with Gasteiger partial charge in [-0.3, -0.25) is 10.1 Å². The average molecular weight is 438 g/mol. The summed E-state index contributed by atoms with van der Waals surface area (Å²) in [6.07, 6.45) is 4.48. The number of hydrogen-bond donors (Lipinski definition) is 3. The predicted octanol–water partition coefficient (Wildman–Crippen LogP) is 5.26. The van der Waals surface area contributed by atoms with Crippen LogP contribution in [0.1, 0.15) is 22.3 Å². The fourth-order valence-corrected chi connectivity index (χ4v) is 4.57. The monoisotopic (exact) mass is 437 g/mol. The van der Waals surface area contributed by atoms with E-state index in [1.54, 1.807) is 0 Å². The van der Waals surface area contributed by atoms with Gasteiger partial charge in [-0.1, -0.05) is 60.7 Å². The zero-order valence-corrected chi connectivity index (χ0v) is 18.6. The van der Waals surface area contributed by atoms with E-state index < -0.39 is 12.0 Å². The van der Waals surface area contributed by atoms with E-state index >= 15 is 0 Å². The van der Waals surface area contributed by atoms with Crippen molar-refractivity contribution in [2.24, 2.45) is 0 Å². The van der Waals surface area contributed by atoms with Crippen molar-refractivity contribution in [3.05, 3.63) is 107 Å². The minimum absolute atomic E-state index is 0.418. The Morgan fingerprint density at radius 3 is 2.48 bits per heavy atom. The summed E-state index contributed by atoms with van der Waals surface area (Å²) in [6.45, 7) is 3.40. The number of carboxylic acid groups (broad SMARTS) is 1. The second kappa shape index (κ2) is 8.96. The fourth-order valence-electron chi connectivity index (χ4n) is 4.57. The first-order valence-electron chi connectivity index (χ1n) is 11.2. The summed E-state index contributed by atoms with van der Waals surface area (Å²) in [5, 5.41) is 15.4. The van der Waals surface area contributed by atoms with E-state index in [1.807, 2.05) is 42.6 Å². The number of aryl methyl sites for hydroxylation is 1. The number of carboxylic acids is 1. The molecule has 0 unspecified atom stereocenters. The Hall–Kier alpha value is -3.83. The Bertz CT molecular complexity index is 1430. The lowest BCUT2D eigenvalue weighted by Crippen LogP contribution is -2.38. The largest absolute Gasteiger partial charge is 0.480 e. The summed E-state index contributed by atoms with van der Waals surface area (Å²) in [7, 11) is 0. The Morgan fingerprint density at radius 2 is 1.67 bits per heavy atom. The van der Waals surface area contributed by atoms with Crippen molar-refractivity contribution in [1.29, 1.82) is 0 Å². The molecule has 3 N–H and O–H groups in total. The molecule has 0 aliphatic carbocycles. The highest BCUT2D eigenvalue weighted by Gasteiger charge is 2.20. The quantitative estimate of drug-likeness (QED) is 0.310. The van der Waals surface area contributed by atoms with E-state index in [9.17, 15) is 9.90 Å². The van der Waals surface area contributed by atoms with Gasteiger partial charge in [-0.25, -0.2) is 0 Å². The molecule has 5 heteroatoms. The molecule has 2 aromatic heterocycles. The van der Waals surface area contributed by atoms with Crippen LogP contribution in [0.2, 0.25) is 0 Å². The Kier molecular flexibility index (Phi) is 5.71. The van der Waals surface area contributed by atoms with Gasteiger partial charge in [-0.05, 0) is 41.3 Å². The van der Waals surface area contributed by atoms with Crippen LogP contribution in [-0.4, -0.2) is 26.7 Å². The van der Waals surface area contributed by atoms with Crippen molar-refractivity contribution in [2.45, 2.75) is 32.5 Å². The number of aromatic nitrogens is 2. The van der Waals surface area contributed by atoms with Gasteiger partial charge in [0.15, 0.2) is 0 Å². The average Bonchev–Trinajstić information content (AvgIpc) is 3.39. The molecule has 0 saturated carbocycles. The third-order valence-electron chi connectivity index (χ3n) is 6.41. The number of hydrogen-bond acceptors (Lipinski definition) is 2. The van der Waals surface area contributed by atoms with E-state index in [0.717, 1.165) is 39.5 Å². The summed E-state index contributed by atoms with van der Waals surface area (Å²) in [4.78, 5) is 15.3. The van der Waals surface area contributed by atoms with Crippen LogP contribution in [-0.2, 0) is 24.3 Å². The van der Waals surface area contributed by atoms with E-state index in [-0.39, 0.29) is 0 Å². The van der Waals surface area contributed by atoms with Crippen molar-refractivity contribution >= 4 is 27.8 Å². The van der Waals surface area contributed by atoms with Crippen LogP contribution < -0.4 is 5.32 Å². The van der Waals surface area contributed by atoms with Gasteiger partial charge in [-0.2, -0.15) is 0 Å². The number of nitrogens with one attached hydrogen (secondary N) is 2. The topological polar surface area (TPSA) is 70.0 Å². The van der Waals surface area contributed by atoms with Gasteiger partial charge >= 0.3 is 5.97 Å². The molecule has 5 aromatic rings. The lowest BCUT2D eigenvalue weighted by atomic mass is 10.0. The summed E-state index contributed by atoms with van der Waals surface area (Å²) in [5.74, 6) is -0.844. The molecule has 5 nitrogen and oxygen atoms in total. The first-order valence-corrected chi connectivity index (χ1v) is 11.2. The summed E-state index contributed by atoms with van der Waals surface area (Å²) in [6, 6.07) is 24.0. The molecule has 0 radical (unpaired) electrons. The number of H-pyrrole nitrogens is 1. The van der Waals surface area contributed by atoms with Crippen LogP contribution in [0.4, 0.5) is 0 Å². The van der Waals surface area contributed by atoms with E-state index in [4.69, 9.17) is 0 Å². The number of benzene rings is 3. The van der Waals surface area contributed by atoms with Crippen LogP contribution in [0.3, 0.4) is 0 Å². The van der Waals surface area contributed by atoms with E-state index in [1.165, 1.54) is 11.1 Å². The minimum Gasteiger partial charge on any atom is -0.480 e. The molecule has 0 spiro atoms. The fraction of sp³-hybridized carbons (Fsp3) is 0.179. The molecular formula is C28H27N3O2.